The fourth-order valence-electron chi connectivity index (χ4n) is 2.15. The standard InChI is InChI=1S/C19H32N4O2/c1-7-20-18(22-13-12-21-17(24)19(2,3)4)23(5)14-15-8-10-16(25-6)11-9-15/h8-11H,7,12-14H2,1-6H3,(H,20,22)(H,21,24). The van der Waals surface area contributed by atoms with Gasteiger partial charge in [-0.3, -0.25) is 9.79 Å². The summed E-state index contributed by atoms with van der Waals surface area (Å²) in [6.07, 6.45) is 0. The maximum atomic E-state index is 11.9. The van der Waals surface area contributed by atoms with E-state index in [2.05, 4.69) is 20.5 Å². The Morgan fingerprint density at radius 1 is 1.20 bits per heavy atom. The van der Waals surface area contributed by atoms with Crippen LogP contribution >= 0.6 is 0 Å². The van der Waals surface area contributed by atoms with E-state index in [9.17, 15) is 4.79 Å². The third-order valence-corrected chi connectivity index (χ3v) is 3.62. The monoisotopic (exact) mass is 348 g/mol. The third-order valence-electron chi connectivity index (χ3n) is 3.62. The topological polar surface area (TPSA) is 66.0 Å². The van der Waals surface area contributed by atoms with Crippen LogP contribution in [0.2, 0.25) is 0 Å². The molecule has 2 N–H and O–H groups in total. The average molecular weight is 348 g/mol. The normalized spacial score (nSPS) is 11.8. The van der Waals surface area contributed by atoms with Gasteiger partial charge < -0.3 is 20.3 Å². The van der Waals surface area contributed by atoms with Crippen molar-refractivity contribution in [1.82, 2.24) is 15.5 Å². The number of ether oxygens (including phenoxy) is 1. The van der Waals surface area contributed by atoms with Gasteiger partial charge in [0.15, 0.2) is 5.96 Å². The summed E-state index contributed by atoms with van der Waals surface area (Å²) in [5.74, 6) is 1.71. The molecule has 1 aromatic rings. The van der Waals surface area contributed by atoms with Crippen molar-refractivity contribution >= 4 is 11.9 Å². The number of amides is 1. The van der Waals surface area contributed by atoms with E-state index in [1.54, 1.807) is 7.11 Å². The Balaban J connectivity index is 2.59. The van der Waals surface area contributed by atoms with Crippen molar-refractivity contribution in [2.45, 2.75) is 34.2 Å². The van der Waals surface area contributed by atoms with E-state index in [0.717, 1.165) is 24.8 Å². The molecule has 0 bridgehead atoms. The van der Waals surface area contributed by atoms with Crippen molar-refractivity contribution in [2.75, 3.05) is 33.8 Å². The quantitative estimate of drug-likeness (QED) is 0.451. The lowest BCUT2D eigenvalue weighted by molar-refractivity contribution is -0.128. The van der Waals surface area contributed by atoms with Gasteiger partial charge in [-0.1, -0.05) is 32.9 Å². The molecule has 0 aliphatic rings. The molecular weight excluding hydrogens is 316 g/mol. The molecule has 1 amide bonds. The number of nitrogens with zero attached hydrogens (tertiary/aromatic N) is 2. The minimum Gasteiger partial charge on any atom is -0.497 e. The fourth-order valence-corrected chi connectivity index (χ4v) is 2.15. The van der Waals surface area contributed by atoms with Crippen LogP contribution in [-0.2, 0) is 11.3 Å². The van der Waals surface area contributed by atoms with Gasteiger partial charge in [0.25, 0.3) is 0 Å². The Hall–Kier alpha value is -2.24. The summed E-state index contributed by atoms with van der Waals surface area (Å²) in [5.41, 5.74) is 0.800. The first-order valence-corrected chi connectivity index (χ1v) is 8.68. The van der Waals surface area contributed by atoms with Crippen molar-refractivity contribution < 1.29 is 9.53 Å². The number of methoxy groups -OCH3 is 1. The van der Waals surface area contributed by atoms with Crippen LogP contribution in [0.25, 0.3) is 0 Å². The van der Waals surface area contributed by atoms with E-state index in [1.165, 1.54) is 5.56 Å². The van der Waals surface area contributed by atoms with E-state index >= 15 is 0 Å². The zero-order valence-corrected chi connectivity index (χ0v) is 16.3. The smallest absolute Gasteiger partial charge is 0.225 e. The summed E-state index contributed by atoms with van der Waals surface area (Å²) in [6.45, 7) is 10.3. The van der Waals surface area contributed by atoms with Crippen LogP contribution in [0.5, 0.6) is 5.75 Å². The molecule has 0 aromatic heterocycles. The number of benzene rings is 1. The van der Waals surface area contributed by atoms with Crippen LogP contribution in [-0.4, -0.2) is 50.6 Å². The lowest BCUT2D eigenvalue weighted by atomic mass is 9.96. The molecule has 0 aliphatic carbocycles. The summed E-state index contributed by atoms with van der Waals surface area (Å²) in [6, 6.07) is 8.00. The average Bonchev–Trinajstić information content (AvgIpc) is 2.57. The number of guanidine groups is 1. The van der Waals surface area contributed by atoms with E-state index in [4.69, 9.17) is 4.74 Å². The molecule has 0 aliphatic heterocycles. The van der Waals surface area contributed by atoms with E-state index in [-0.39, 0.29) is 11.3 Å². The van der Waals surface area contributed by atoms with Crippen molar-refractivity contribution in [3.8, 4) is 5.75 Å². The number of carbonyl (C=O) groups excluding carboxylic acids is 1. The van der Waals surface area contributed by atoms with Gasteiger partial charge in [-0.05, 0) is 24.6 Å². The Bertz CT molecular complexity index is 562. The molecule has 6 nitrogen and oxygen atoms in total. The predicted molar refractivity (Wildman–Crippen MR) is 103 cm³/mol. The molecule has 0 fully saturated rings. The van der Waals surface area contributed by atoms with Crippen LogP contribution < -0.4 is 15.4 Å². The van der Waals surface area contributed by atoms with Crippen molar-refractivity contribution in [3.63, 3.8) is 0 Å². The summed E-state index contributed by atoms with van der Waals surface area (Å²) >= 11 is 0. The number of carbonyl (C=O) groups is 1. The Labute approximate surface area is 151 Å². The summed E-state index contributed by atoms with van der Waals surface area (Å²) < 4.78 is 5.18. The van der Waals surface area contributed by atoms with Gasteiger partial charge in [0.05, 0.1) is 13.7 Å². The highest BCUT2D eigenvalue weighted by molar-refractivity contribution is 5.81. The second-order valence-corrected chi connectivity index (χ2v) is 6.95. The number of rotatable bonds is 7. The maximum Gasteiger partial charge on any atom is 0.225 e. The number of aliphatic imine (C=N–C) groups is 1. The van der Waals surface area contributed by atoms with Crippen molar-refractivity contribution in [1.29, 1.82) is 0 Å². The summed E-state index contributed by atoms with van der Waals surface area (Å²) in [4.78, 5) is 18.5. The molecule has 0 atom stereocenters. The fraction of sp³-hybridized carbons (Fsp3) is 0.579. The van der Waals surface area contributed by atoms with E-state index < -0.39 is 0 Å². The highest BCUT2D eigenvalue weighted by Crippen LogP contribution is 2.13. The first-order chi connectivity index (χ1) is 11.8. The largest absolute Gasteiger partial charge is 0.497 e. The SMILES string of the molecule is CCNC(=NCCNC(=O)C(C)(C)C)N(C)Cc1ccc(OC)cc1. The van der Waals surface area contributed by atoms with E-state index in [0.29, 0.717) is 13.1 Å². The van der Waals surface area contributed by atoms with Crippen LogP contribution in [0.3, 0.4) is 0 Å². The molecule has 0 heterocycles. The molecule has 1 aromatic carbocycles. The molecule has 0 unspecified atom stereocenters. The van der Waals surface area contributed by atoms with Gasteiger partial charge in [-0.15, -0.1) is 0 Å². The molecule has 0 spiro atoms. The number of hydrogen-bond donors (Lipinski definition) is 2. The van der Waals surface area contributed by atoms with Gasteiger partial charge in [-0.25, -0.2) is 0 Å². The Morgan fingerprint density at radius 3 is 2.36 bits per heavy atom. The number of nitrogens with one attached hydrogen (secondary N) is 2. The molecule has 25 heavy (non-hydrogen) atoms. The molecule has 1 rings (SSSR count). The van der Waals surface area contributed by atoms with Crippen molar-refractivity contribution in [3.05, 3.63) is 29.8 Å². The summed E-state index contributed by atoms with van der Waals surface area (Å²) in [5, 5.41) is 6.20. The van der Waals surface area contributed by atoms with Gasteiger partial charge in [-0.2, -0.15) is 0 Å². The molecule has 0 saturated heterocycles. The highest BCUT2D eigenvalue weighted by atomic mass is 16.5. The second kappa shape index (κ2) is 9.91. The van der Waals surface area contributed by atoms with Gasteiger partial charge in [0, 0.05) is 32.1 Å². The highest BCUT2D eigenvalue weighted by Gasteiger charge is 2.20. The van der Waals surface area contributed by atoms with Gasteiger partial charge in [0.1, 0.15) is 5.75 Å². The minimum absolute atomic E-state index is 0.0410. The zero-order chi connectivity index (χ0) is 18.9. The Kier molecular flexibility index (Phi) is 8.25. The first-order valence-electron chi connectivity index (χ1n) is 8.68. The summed E-state index contributed by atoms with van der Waals surface area (Å²) in [7, 11) is 3.66. The van der Waals surface area contributed by atoms with Crippen LogP contribution in [0, 0.1) is 5.41 Å². The van der Waals surface area contributed by atoms with Crippen LogP contribution in [0.1, 0.15) is 33.3 Å². The third kappa shape index (κ3) is 7.45. The lowest BCUT2D eigenvalue weighted by Crippen LogP contribution is -2.40. The molecule has 6 heteroatoms. The first kappa shape index (κ1) is 20.8. The Morgan fingerprint density at radius 2 is 1.84 bits per heavy atom. The molecule has 140 valence electrons. The lowest BCUT2D eigenvalue weighted by Gasteiger charge is -2.22. The second-order valence-electron chi connectivity index (χ2n) is 6.95. The van der Waals surface area contributed by atoms with Crippen molar-refractivity contribution in [2.24, 2.45) is 10.4 Å². The number of hydrogen-bond acceptors (Lipinski definition) is 3. The molecular formula is C19H32N4O2. The van der Waals surface area contributed by atoms with Crippen LogP contribution in [0.15, 0.2) is 29.3 Å². The van der Waals surface area contributed by atoms with Gasteiger partial charge in [0.2, 0.25) is 5.91 Å². The van der Waals surface area contributed by atoms with Gasteiger partial charge >= 0.3 is 0 Å². The van der Waals surface area contributed by atoms with E-state index in [1.807, 2.05) is 59.0 Å². The predicted octanol–water partition coefficient (Wildman–Crippen LogP) is 2.25. The minimum atomic E-state index is -0.376. The molecule has 0 saturated carbocycles. The van der Waals surface area contributed by atoms with Crippen LogP contribution in [0.4, 0.5) is 0 Å². The zero-order valence-electron chi connectivity index (χ0n) is 16.3. The molecule has 0 radical (unpaired) electrons. The maximum absolute atomic E-state index is 11.9.